The molecule has 10 heavy (non-hydrogen) atoms. The van der Waals surface area contributed by atoms with Gasteiger partial charge in [0.15, 0.2) is 10.4 Å². The highest BCUT2D eigenvalue weighted by molar-refractivity contribution is 6.37. The van der Waals surface area contributed by atoms with Gasteiger partial charge in [-0.15, -0.1) is 0 Å². The maximum Gasteiger partial charge on any atom is 0.157 e. The van der Waals surface area contributed by atoms with Crippen molar-refractivity contribution in [2.75, 3.05) is 0 Å². The highest BCUT2D eigenvalue weighted by Gasteiger charge is 2.23. The maximum absolute atomic E-state index is 5.84. The molecule has 52 valence electrons. The Morgan fingerprint density at radius 2 is 2.20 bits per heavy atom. The molecule has 0 radical (unpaired) electrons. The monoisotopic (exact) mass is 173 g/mol. The van der Waals surface area contributed by atoms with Crippen molar-refractivity contribution in [1.82, 2.24) is 0 Å². The van der Waals surface area contributed by atoms with E-state index in [1.54, 1.807) is 12.2 Å². The molecule has 0 aromatic carbocycles. The predicted molar refractivity (Wildman–Crippen MR) is 45.9 cm³/mol. The number of allylic oxidation sites excluding steroid dienone is 5. The molecule has 1 aliphatic rings. The summed E-state index contributed by atoms with van der Waals surface area (Å²) in [4.78, 5) is 0. The zero-order valence-electron chi connectivity index (χ0n) is 5.62. The van der Waals surface area contributed by atoms with Gasteiger partial charge in [0.25, 0.3) is 0 Å². The molecule has 0 N–H and O–H groups in total. The largest absolute Gasteiger partial charge is 0.157 e. The van der Waals surface area contributed by atoms with E-state index in [-0.39, 0.29) is 0 Å². The molecule has 0 unspecified atom stereocenters. The second kappa shape index (κ2) is 2.73. The zero-order chi connectivity index (χ0) is 7.72. The summed E-state index contributed by atoms with van der Waals surface area (Å²) in [6.45, 7) is 5.61. The van der Waals surface area contributed by atoms with E-state index in [0.717, 1.165) is 11.1 Å². The number of hydrogen-bond donors (Lipinski definition) is 0. The second-order valence-electron chi connectivity index (χ2n) is 2.15. The highest BCUT2D eigenvalue weighted by Crippen LogP contribution is 2.33. The molecule has 0 nitrogen and oxygen atoms in total. The summed E-state index contributed by atoms with van der Waals surface area (Å²) in [6.07, 6.45) is 3.60. The van der Waals surface area contributed by atoms with Crippen molar-refractivity contribution in [3.8, 4) is 0 Å². The fourth-order valence-electron chi connectivity index (χ4n) is 0.718. The number of halogens is 2. The summed E-state index contributed by atoms with van der Waals surface area (Å²) in [5.41, 5.74) is 1.72. The molecule has 0 saturated carbocycles. The Bertz CT molecular complexity index is 223. The lowest BCUT2D eigenvalue weighted by molar-refractivity contribution is 1.32. The van der Waals surface area contributed by atoms with E-state index in [1.807, 2.05) is 6.92 Å². The van der Waals surface area contributed by atoms with Crippen molar-refractivity contribution in [2.45, 2.75) is 6.92 Å². The van der Waals surface area contributed by atoms with E-state index in [0.29, 0.717) is 10.4 Å². The molecule has 0 spiro atoms. The normalized spacial score (nSPS) is 18.7. The first-order valence-electron chi connectivity index (χ1n) is 2.89. The van der Waals surface area contributed by atoms with E-state index in [1.165, 1.54) is 0 Å². The van der Waals surface area contributed by atoms with Crippen molar-refractivity contribution in [3.05, 3.63) is 40.3 Å². The van der Waals surface area contributed by atoms with E-state index < -0.39 is 0 Å². The summed E-state index contributed by atoms with van der Waals surface area (Å²) >= 11 is 11.6. The van der Waals surface area contributed by atoms with Gasteiger partial charge < -0.3 is 0 Å². The van der Waals surface area contributed by atoms with Gasteiger partial charge in [-0.1, -0.05) is 6.58 Å². The Morgan fingerprint density at radius 1 is 1.60 bits per heavy atom. The van der Waals surface area contributed by atoms with Crippen LogP contribution in [-0.2, 0) is 0 Å². The van der Waals surface area contributed by atoms with E-state index >= 15 is 0 Å². The molecule has 1 aliphatic carbocycles. The van der Waals surface area contributed by atoms with Crippen molar-refractivity contribution in [3.63, 3.8) is 0 Å². The Hall–Kier alpha value is -0.330. The van der Waals surface area contributed by atoms with E-state index in [9.17, 15) is 0 Å². The van der Waals surface area contributed by atoms with Crippen LogP contribution in [0.15, 0.2) is 34.9 Å². The lowest BCUT2D eigenvalue weighted by atomic mass is 10.0. The Labute approximate surface area is 70.8 Å². The fourth-order valence-corrected chi connectivity index (χ4v) is 1.09. The predicted octanol–water partition coefficient (Wildman–Crippen LogP) is 3.40. The molecular formula is C8H7Cl2+. The first-order chi connectivity index (χ1) is 4.63. The van der Waals surface area contributed by atoms with Crippen LogP contribution in [0.3, 0.4) is 0 Å². The molecule has 0 aromatic rings. The molecule has 0 atom stereocenters. The molecular weight excluding hydrogens is 167 g/mol. The Kier molecular flexibility index (Phi) is 2.12. The van der Waals surface area contributed by atoms with Gasteiger partial charge in [-0.25, -0.2) is 0 Å². The topological polar surface area (TPSA) is 0 Å². The van der Waals surface area contributed by atoms with Gasteiger partial charge in [0.05, 0.1) is 17.2 Å². The minimum atomic E-state index is 0.660. The van der Waals surface area contributed by atoms with Crippen LogP contribution in [0.2, 0.25) is 0 Å². The van der Waals surface area contributed by atoms with Crippen LogP contribution in [-0.4, -0.2) is 0 Å². The standard InChI is InChI=1S/C8H7Cl2/c1-5-3-4-7(9)6(2)8(5)10/h3-4H,1H2,2H3/q+1. The zero-order valence-corrected chi connectivity index (χ0v) is 7.13. The third kappa shape index (κ3) is 1.23. The van der Waals surface area contributed by atoms with Crippen LogP contribution in [0.5, 0.6) is 0 Å². The summed E-state index contributed by atoms with van der Waals surface area (Å²) in [6, 6.07) is 0. The SMILES string of the molecule is C=C1C=C[C+](Cl)C(C)=C1Cl. The molecule has 1 rings (SSSR count). The number of hydrogen-bond acceptors (Lipinski definition) is 0. The van der Waals surface area contributed by atoms with Crippen LogP contribution in [0, 0.1) is 5.38 Å². The van der Waals surface area contributed by atoms with Crippen LogP contribution < -0.4 is 0 Å². The molecule has 0 heterocycles. The fraction of sp³-hybridized carbons (Fsp3) is 0.125. The molecule has 0 bridgehead atoms. The van der Waals surface area contributed by atoms with Gasteiger partial charge in [-0.3, -0.25) is 0 Å². The molecule has 0 fully saturated rings. The summed E-state index contributed by atoms with van der Waals surface area (Å²) in [5, 5.41) is 1.35. The van der Waals surface area contributed by atoms with Crippen molar-refractivity contribution in [1.29, 1.82) is 0 Å². The van der Waals surface area contributed by atoms with Gasteiger partial charge in [-0.2, -0.15) is 0 Å². The smallest absolute Gasteiger partial charge is 0.0631 e. The quantitative estimate of drug-likeness (QED) is 0.493. The van der Waals surface area contributed by atoms with Crippen LogP contribution >= 0.6 is 23.2 Å². The highest BCUT2D eigenvalue weighted by atomic mass is 35.5. The third-order valence-corrected chi connectivity index (χ3v) is 2.34. The summed E-state index contributed by atoms with van der Waals surface area (Å²) < 4.78 is 0. The average Bonchev–Trinajstić information content (AvgIpc) is 1.93. The third-order valence-electron chi connectivity index (χ3n) is 1.40. The Morgan fingerprint density at radius 3 is 2.70 bits per heavy atom. The summed E-state index contributed by atoms with van der Waals surface area (Å²) in [5.74, 6) is 0. The molecule has 0 aromatic heterocycles. The first-order valence-corrected chi connectivity index (χ1v) is 3.65. The summed E-state index contributed by atoms with van der Waals surface area (Å²) in [7, 11) is 0. The minimum Gasteiger partial charge on any atom is -0.0631 e. The number of rotatable bonds is 0. The van der Waals surface area contributed by atoms with Crippen LogP contribution in [0.25, 0.3) is 0 Å². The second-order valence-corrected chi connectivity index (χ2v) is 2.93. The van der Waals surface area contributed by atoms with E-state index in [4.69, 9.17) is 23.2 Å². The van der Waals surface area contributed by atoms with Crippen molar-refractivity contribution < 1.29 is 0 Å². The van der Waals surface area contributed by atoms with Crippen LogP contribution in [0.1, 0.15) is 6.92 Å². The minimum absolute atomic E-state index is 0.660. The average molecular weight is 174 g/mol. The van der Waals surface area contributed by atoms with E-state index in [2.05, 4.69) is 6.58 Å². The maximum atomic E-state index is 5.84. The lowest BCUT2D eigenvalue weighted by Gasteiger charge is -2.03. The van der Waals surface area contributed by atoms with Crippen molar-refractivity contribution in [2.24, 2.45) is 0 Å². The molecule has 0 aliphatic heterocycles. The molecule has 2 heteroatoms. The van der Waals surface area contributed by atoms with Crippen LogP contribution in [0.4, 0.5) is 0 Å². The van der Waals surface area contributed by atoms with Gasteiger partial charge in [0.2, 0.25) is 0 Å². The molecule has 0 saturated heterocycles. The Balaban J connectivity index is 3.00. The molecule has 0 amide bonds. The van der Waals surface area contributed by atoms with Gasteiger partial charge >= 0.3 is 0 Å². The van der Waals surface area contributed by atoms with Gasteiger partial charge in [0, 0.05) is 17.7 Å². The van der Waals surface area contributed by atoms with Gasteiger partial charge in [0.1, 0.15) is 0 Å². The first kappa shape index (κ1) is 7.77. The van der Waals surface area contributed by atoms with Gasteiger partial charge in [-0.05, 0) is 18.5 Å². The van der Waals surface area contributed by atoms with Crippen molar-refractivity contribution >= 4 is 23.2 Å². The lowest BCUT2D eigenvalue weighted by Crippen LogP contribution is -1.95.